The van der Waals surface area contributed by atoms with E-state index in [1.807, 2.05) is 10.9 Å². The summed E-state index contributed by atoms with van der Waals surface area (Å²) in [6.07, 6.45) is 8.48. The van der Waals surface area contributed by atoms with E-state index in [-0.39, 0.29) is 40.2 Å². The molecule has 8 heteroatoms. The summed E-state index contributed by atoms with van der Waals surface area (Å²) < 4.78 is 28.3. The lowest BCUT2D eigenvalue weighted by Crippen LogP contribution is -2.62. The van der Waals surface area contributed by atoms with Gasteiger partial charge in [0.05, 0.1) is 29.8 Å². The Kier molecular flexibility index (Phi) is 5.82. The minimum atomic E-state index is -1.11. The molecule has 7 rings (SSSR count). The second-order valence-corrected chi connectivity index (χ2v) is 13.4. The number of halogens is 1. The van der Waals surface area contributed by atoms with Crippen LogP contribution in [0.3, 0.4) is 0 Å². The maximum absolute atomic E-state index is 13.5. The van der Waals surface area contributed by atoms with E-state index in [9.17, 15) is 14.3 Å². The lowest BCUT2D eigenvalue weighted by molar-refractivity contribution is -0.196. The number of hydrogen-bond donors (Lipinski definition) is 2. The first kappa shape index (κ1) is 25.9. The van der Waals surface area contributed by atoms with Crippen LogP contribution >= 0.6 is 12.6 Å². The van der Waals surface area contributed by atoms with E-state index >= 15 is 0 Å². The van der Waals surface area contributed by atoms with E-state index < -0.39 is 23.4 Å². The molecule has 6 nitrogen and oxygen atoms in total. The second-order valence-electron chi connectivity index (χ2n) is 13.0. The van der Waals surface area contributed by atoms with Crippen molar-refractivity contribution in [2.45, 2.75) is 89.8 Å². The Morgan fingerprint density at radius 1 is 1.28 bits per heavy atom. The van der Waals surface area contributed by atoms with Gasteiger partial charge in [0.25, 0.3) is 0 Å². The number of fused-ring (bicyclic) bond motifs is 8. The minimum absolute atomic E-state index is 0.0650. The molecule has 0 amide bonds. The van der Waals surface area contributed by atoms with Crippen molar-refractivity contribution < 1.29 is 23.8 Å². The van der Waals surface area contributed by atoms with Crippen LogP contribution in [0.5, 0.6) is 0 Å². The molecule has 1 saturated heterocycles. The van der Waals surface area contributed by atoms with Crippen molar-refractivity contribution in [1.82, 2.24) is 9.78 Å². The quantitative estimate of drug-likeness (QED) is 0.490. The molecule has 2 heterocycles. The number of benzene rings is 1. The Bertz CT molecular complexity index is 1360. The largest absolute Gasteiger partial charge is 0.393 e. The highest BCUT2D eigenvalue weighted by Gasteiger charge is 2.75. The van der Waals surface area contributed by atoms with Crippen molar-refractivity contribution in [2.75, 3.05) is 0 Å². The van der Waals surface area contributed by atoms with Crippen LogP contribution in [0, 0.1) is 34.4 Å². The summed E-state index contributed by atoms with van der Waals surface area (Å²) >= 11 is 4.38. The number of thiol groups is 1. The molecule has 2 aromatic rings. The van der Waals surface area contributed by atoms with E-state index in [0.29, 0.717) is 6.42 Å². The molecule has 39 heavy (non-hydrogen) atoms. The molecule has 208 valence electrons. The van der Waals surface area contributed by atoms with Gasteiger partial charge in [0.1, 0.15) is 5.82 Å². The normalized spacial score (nSPS) is 42.2. The monoisotopic (exact) mass is 552 g/mol. The number of allylic oxidation sites excluding steroid dienone is 1. The van der Waals surface area contributed by atoms with E-state index in [1.54, 1.807) is 12.1 Å². The van der Waals surface area contributed by atoms with Gasteiger partial charge in [-0.3, -0.25) is 4.79 Å². The van der Waals surface area contributed by atoms with Gasteiger partial charge < -0.3 is 14.6 Å². The molecule has 3 saturated carbocycles. The Balaban J connectivity index is 1.24. The van der Waals surface area contributed by atoms with Crippen LogP contribution in [0.4, 0.5) is 4.39 Å². The van der Waals surface area contributed by atoms with Crippen LogP contribution in [-0.4, -0.2) is 44.1 Å². The van der Waals surface area contributed by atoms with E-state index in [4.69, 9.17) is 9.47 Å². The fraction of sp³-hybridized carbons (Fsp3) is 0.613. The minimum Gasteiger partial charge on any atom is -0.393 e. The van der Waals surface area contributed by atoms with Gasteiger partial charge in [0, 0.05) is 5.41 Å². The molecule has 1 aromatic carbocycles. The molecule has 0 bridgehead atoms. The molecule has 0 spiro atoms. The first-order chi connectivity index (χ1) is 18.6. The van der Waals surface area contributed by atoms with Crippen molar-refractivity contribution in [3.63, 3.8) is 0 Å². The smallest absolute Gasteiger partial charge is 0.221 e. The molecule has 5 aliphatic rings. The Hall–Kier alpha value is -2.00. The molecule has 1 unspecified atom stereocenters. The third-order valence-corrected chi connectivity index (χ3v) is 11.5. The van der Waals surface area contributed by atoms with Gasteiger partial charge in [-0.15, -0.1) is 12.6 Å². The molecule has 1 aliphatic heterocycles. The van der Waals surface area contributed by atoms with Crippen LogP contribution in [-0.2, 0) is 20.7 Å². The molecule has 1 N–H and O–H groups in total. The lowest BCUT2D eigenvalue weighted by atomic mass is 9.45. The van der Waals surface area contributed by atoms with Gasteiger partial charge in [-0.1, -0.05) is 32.8 Å². The van der Waals surface area contributed by atoms with Crippen LogP contribution in [0.1, 0.15) is 70.6 Å². The SMILES string of the molecule is CCCC1O[C@@H]2C[C@H]3[C@@H]4CCC5=Cc6c(cnn6-c6ccc(F)cc6)C[C@]5(C)[C@H]4[C@@H](O)C[C@]3(C)[C@]2(C(=O)S)O1. The van der Waals surface area contributed by atoms with Crippen LogP contribution in [0.25, 0.3) is 11.8 Å². The fourth-order valence-electron chi connectivity index (χ4n) is 9.52. The summed E-state index contributed by atoms with van der Waals surface area (Å²) in [5.74, 6) is 0.254. The molecular formula is C31H37FN2O4S. The number of ether oxygens (including phenoxy) is 2. The molecular weight excluding hydrogens is 515 g/mol. The van der Waals surface area contributed by atoms with Gasteiger partial charge in [-0.2, -0.15) is 5.10 Å². The summed E-state index contributed by atoms with van der Waals surface area (Å²) in [4.78, 5) is 13.2. The number of aromatic nitrogens is 2. The zero-order chi connectivity index (χ0) is 27.3. The zero-order valence-corrected chi connectivity index (χ0v) is 23.7. The maximum Gasteiger partial charge on any atom is 0.221 e. The number of carbonyl (C=O) groups is 1. The highest BCUT2D eigenvalue weighted by molar-refractivity contribution is 7.96. The number of rotatable bonds is 4. The summed E-state index contributed by atoms with van der Waals surface area (Å²) in [6, 6.07) is 6.42. The first-order valence-corrected chi connectivity index (χ1v) is 14.9. The highest BCUT2D eigenvalue weighted by atomic mass is 32.1. The van der Waals surface area contributed by atoms with E-state index in [1.165, 1.54) is 17.7 Å². The number of hydrogen-bond acceptors (Lipinski definition) is 5. The third-order valence-electron chi connectivity index (χ3n) is 11.1. The van der Waals surface area contributed by atoms with Crippen molar-refractivity contribution in [2.24, 2.45) is 28.6 Å². The van der Waals surface area contributed by atoms with Crippen LogP contribution in [0.15, 0.2) is 36.0 Å². The van der Waals surface area contributed by atoms with Crippen LogP contribution in [0.2, 0.25) is 0 Å². The zero-order valence-electron chi connectivity index (χ0n) is 22.8. The maximum atomic E-state index is 13.5. The van der Waals surface area contributed by atoms with Gasteiger partial charge in [0.2, 0.25) is 5.12 Å². The molecule has 4 aliphatic carbocycles. The van der Waals surface area contributed by atoms with Gasteiger partial charge in [-0.25, -0.2) is 9.07 Å². The van der Waals surface area contributed by atoms with Crippen molar-refractivity contribution in [1.29, 1.82) is 0 Å². The lowest BCUT2D eigenvalue weighted by Gasteiger charge is -2.60. The number of aliphatic hydroxyl groups excluding tert-OH is 1. The first-order valence-electron chi connectivity index (χ1n) is 14.4. The average Bonchev–Trinajstić information content (AvgIpc) is 3.53. The summed E-state index contributed by atoms with van der Waals surface area (Å²) in [6.45, 7) is 6.53. The van der Waals surface area contributed by atoms with E-state index in [2.05, 4.69) is 44.6 Å². The summed E-state index contributed by atoms with van der Waals surface area (Å²) in [5.41, 5.74) is 2.50. The van der Waals surface area contributed by atoms with Crippen molar-refractivity contribution >= 4 is 23.8 Å². The third kappa shape index (κ3) is 3.38. The topological polar surface area (TPSA) is 73.6 Å². The Morgan fingerprint density at radius 2 is 2.05 bits per heavy atom. The summed E-state index contributed by atoms with van der Waals surface area (Å²) in [5, 5.41) is 16.4. The van der Waals surface area contributed by atoms with Crippen molar-refractivity contribution in [3.05, 3.63) is 53.1 Å². The summed E-state index contributed by atoms with van der Waals surface area (Å²) in [7, 11) is 0. The fourth-order valence-corrected chi connectivity index (χ4v) is 9.97. The van der Waals surface area contributed by atoms with Gasteiger partial charge in [-0.05, 0) is 97.6 Å². The van der Waals surface area contributed by atoms with E-state index in [0.717, 1.165) is 55.5 Å². The predicted octanol–water partition coefficient (Wildman–Crippen LogP) is 5.51. The van der Waals surface area contributed by atoms with Gasteiger partial charge in [0.15, 0.2) is 11.9 Å². The molecule has 0 radical (unpaired) electrons. The predicted molar refractivity (Wildman–Crippen MR) is 148 cm³/mol. The van der Waals surface area contributed by atoms with Gasteiger partial charge >= 0.3 is 0 Å². The van der Waals surface area contributed by atoms with Crippen molar-refractivity contribution in [3.8, 4) is 5.69 Å². The molecule has 4 fully saturated rings. The number of carbonyl (C=O) groups excluding carboxylic acids is 1. The Labute approximate surface area is 234 Å². The average molecular weight is 553 g/mol. The highest BCUT2D eigenvalue weighted by Crippen LogP contribution is 2.70. The molecule has 1 aromatic heterocycles. The number of aliphatic hydroxyl groups is 1. The standard InChI is InChI=1S/C31H37FN2O4S/c1-4-5-26-37-25-13-22-21-11-6-18-12-23-17(16-33-34(23)20-9-7-19(32)8-10-20)14-29(18,2)27(21)24(35)15-30(22,3)31(25,38-26)28(36)39/h7-10,12,16,21-22,24-27,35H,4-6,11,13-15H2,1-3H3,(H,36,39)/t21-,22-,24-,25+,26?,27+,29-,30-,31-/m0/s1. The number of nitrogens with zero attached hydrogens (tertiary/aromatic N) is 2. The second kappa shape index (κ2) is 8.75. The Morgan fingerprint density at radius 3 is 2.77 bits per heavy atom. The van der Waals surface area contributed by atoms with Crippen LogP contribution < -0.4 is 0 Å². The molecule has 9 atom stereocenters.